The Labute approximate surface area is 115 Å². The summed E-state index contributed by atoms with van der Waals surface area (Å²) in [7, 11) is 0. The summed E-state index contributed by atoms with van der Waals surface area (Å²) < 4.78 is 38.3. The number of carbonyl (C=O) groups is 1. The molecule has 1 saturated heterocycles. The minimum atomic E-state index is -4.54. The Kier molecular flexibility index (Phi) is 3.92. The summed E-state index contributed by atoms with van der Waals surface area (Å²) in [5.74, 6) is 0.00974. The van der Waals surface area contributed by atoms with Crippen molar-refractivity contribution in [1.82, 2.24) is 4.90 Å². The van der Waals surface area contributed by atoms with Crippen LogP contribution in [0.15, 0.2) is 18.2 Å². The summed E-state index contributed by atoms with van der Waals surface area (Å²) in [5.41, 5.74) is 4.05. The highest BCUT2D eigenvalue weighted by molar-refractivity contribution is 6.00. The van der Waals surface area contributed by atoms with Gasteiger partial charge in [0.25, 0.3) is 5.91 Å². The molecule has 2 N–H and O–H groups in total. The molecule has 0 spiro atoms. The molecule has 0 saturated carbocycles. The van der Waals surface area contributed by atoms with Crippen LogP contribution in [0.4, 0.5) is 18.9 Å². The van der Waals surface area contributed by atoms with Gasteiger partial charge in [-0.1, -0.05) is 19.4 Å². The van der Waals surface area contributed by atoms with E-state index in [0.29, 0.717) is 19.0 Å². The van der Waals surface area contributed by atoms with E-state index in [1.165, 1.54) is 12.1 Å². The Morgan fingerprint density at radius 1 is 1.45 bits per heavy atom. The van der Waals surface area contributed by atoms with Gasteiger partial charge in [-0.3, -0.25) is 4.79 Å². The first-order valence-electron chi connectivity index (χ1n) is 6.59. The van der Waals surface area contributed by atoms with Crippen molar-refractivity contribution in [3.63, 3.8) is 0 Å². The lowest BCUT2D eigenvalue weighted by atomic mass is 10.1. The number of nitrogens with zero attached hydrogens (tertiary/aromatic N) is 1. The summed E-state index contributed by atoms with van der Waals surface area (Å²) in [6, 6.07) is 3.47. The van der Waals surface area contributed by atoms with Crippen molar-refractivity contribution in [3.8, 4) is 0 Å². The van der Waals surface area contributed by atoms with Crippen LogP contribution in [0.25, 0.3) is 0 Å². The lowest BCUT2D eigenvalue weighted by Crippen LogP contribution is -2.29. The van der Waals surface area contributed by atoms with E-state index >= 15 is 0 Å². The largest absolute Gasteiger partial charge is 0.418 e. The van der Waals surface area contributed by atoms with Crippen LogP contribution >= 0.6 is 0 Å². The molecule has 3 nitrogen and oxygen atoms in total. The number of hydrogen-bond acceptors (Lipinski definition) is 2. The van der Waals surface area contributed by atoms with Crippen molar-refractivity contribution in [2.75, 3.05) is 18.8 Å². The van der Waals surface area contributed by atoms with Gasteiger partial charge in [-0.2, -0.15) is 13.2 Å². The zero-order chi connectivity index (χ0) is 14.9. The van der Waals surface area contributed by atoms with Crippen LogP contribution < -0.4 is 5.73 Å². The van der Waals surface area contributed by atoms with Gasteiger partial charge in [-0.15, -0.1) is 0 Å². The molecule has 6 heteroatoms. The predicted molar refractivity (Wildman–Crippen MR) is 70.2 cm³/mol. The van der Waals surface area contributed by atoms with Crippen LogP contribution in [0.2, 0.25) is 0 Å². The van der Waals surface area contributed by atoms with Crippen LogP contribution in [-0.4, -0.2) is 23.9 Å². The van der Waals surface area contributed by atoms with Crippen LogP contribution in [0.1, 0.15) is 35.7 Å². The number of alkyl halides is 3. The summed E-state index contributed by atoms with van der Waals surface area (Å²) in [4.78, 5) is 13.9. The second-order valence-corrected chi connectivity index (χ2v) is 5.08. The second kappa shape index (κ2) is 5.34. The Balaban J connectivity index is 2.28. The average Bonchev–Trinajstić information content (AvgIpc) is 2.85. The fraction of sp³-hybridized carbons (Fsp3) is 0.500. The van der Waals surface area contributed by atoms with E-state index in [1.807, 2.05) is 6.92 Å². The third-order valence-corrected chi connectivity index (χ3v) is 3.79. The van der Waals surface area contributed by atoms with Crippen LogP contribution in [0, 0.1) is 5.92 Å². The highest BCUT2D eigenvalue weighted by Crippen LogP contribution is 2.35. The van der Waals surface area contributed by atoms with Gasteiger partial charge in [-0.05, 0) is 24.5 Å². The molecule has 0 radical (unpaired) electrons. The van der Waals surface area contributed by atoms with Crippen LogP contribution in [-0.2, 0) is 6.18 Å². The lowest BCUT2D eigenvalue weighted by molar-refractivity contribution is -0.136. The smallest absolute Gasteiger partial charge is 0.398 e. The van der Waals surface area contributed by atoms with Crippen molar-refractivity contribution in [3.05, 3.63) is 29.3 Å². The normalized spacial score (nSPS) is 19.4. The minimum Gasteiger partial charge on any atom is -0.398 e. The van der Waals surface area contributed by atoms with Gasteiger partial charge in [0.2, 0.25) is 0 Å². The monoisotopic (exact) mass is 286 g/mol. The molecule has 1 atom stereocenters. The van der Waals surface area contributed by atoms with Gasteiger partial charge >= 0.3 is 6.18 Å². The number of amides is 1. The second-order valence-electron chi connectivity index (χ2n) is 5.08. The maximum atomic E-state index is 12.8. The molecule has 1 unspecified atom stereocenters. The van der Waals surface area contributed by atoms with E-state index in [-0.39, 0.29) is 5.56 Å². The van der Waals surface area contributed by atoms with Gasteiger partial charge in [-0.25, -0.2) is 0 Å². The highest BCUT2D eigenvalue weighted by atomic mass is 19.4. The fourth-order valence-electron chi connectivity index (χ4n) is 2.52. The molecule has 0 bridgehead atoms. The zero-order valence-corrected chi connectivity index (χ0v) is 11.2. The molecule has 2 rings (SSSR count). The molecule has 1 heterocycles. The first kappa shape index (κ1) is 14.7. The van der Waals surface area contributed by atoms with Gasteiger partial charge in [0.15, 0.2) is 0 Å². The zero-order valence-electron chi connectivity index (χ0n) is 11.2. The van der Waals surface area contributed by atoms with Crippen LogP contribution in [0.5, 0.6) is 0 Å². The number of anilines is 1. The van der Waals surface area contributed by atoms with E-state index in [1.54, 1.807) is 4.90 Å². The molecular formula is C14H17F3N2O. The number of halogens is 3. The molecule has 110 valence electrons. The Hall–Kier alpha value is -1.72. The lowest BCUT2D eigenvalue weighted by Gasteiger charge is -2.19. The number of likely N-dealkylation sites (tertiary alicyclic amines) is 1. The molecular weight excluding hydrogens is 269 g/mol. The number of hydrogen-bond donors (Lipinski definition) is 1. The predicted octanol–water partition coefficient (Wildman–Crippen LogP) is 3.16. The molecule has 0 aliphatic carbocycles. The number of nitrogens with two attached hydrogens (primary N) is 1. The van der Waals surface area contributed by atoms with Crippen molar-refractivity contribution >= 4 is 11.6 Å². The maximum absolute atomic E-state index is 12.8. The minimum absolute atomic E-state index is 0.0587. The fourth-order valence-corrected chi connectivity index (χ4v) is 2.52. The number of carbonyl (C=O) groups excluding carboxylic acids is 1. The Morgan fingerprint density at radius 2 is 2.15 bits per heavy atom. The third kappa shape index (κ3) is 2.73. The van der Waals surface area contributed by atoms with Gasteiger partial charge in [0.05, 0.1) is 16.8 Å². The van der Waals surface area contributed by atoms with E-state index < -0.39 is 23.3 Å². The summed E-state index contributed by atoms with van der Waals surface area (Å²) in [5, 5.41) is 0. The van der Waals surface area contributed by atoms with Crippen molar-refractivity contribution < 1.29 is 18.0 Å². The van der Waals surface area contributed by atoms with E-state index in [9.17, 15) is 18.0 Å². The number of benzene rings is 1. The van der Waals surface area contributed by atoms with Gasteiger partial charge < -0.3 is 10.6 Å². The summed E-state index contributed by atoms with van der Waals surface area (Å²) in [6.07, 6.45) is -2.69. The summed E-state index contributed by atoms with van der Waals surface area (Å²) >= 11 is 0. The maximum Gasteiger partial charge on any atom is 0.418 e. The van der Waals surface area contributed by atoms with E-state index in [0.717, 1.165) is 18.9 Å². The third-order valence-electron chi connectivity index (χ3n) is 3.79. The van der Waals surface area contributed by atoms with Gasteiger partial charge in [0, 0.05) is 13.1 Å². The first-order valence-corrected chi connectivity index (χ1v) is 6.59. The first-order chi connectivity index (χ1) is 9.34. The summed E-state index contributed by atoms with van der Waals surface area (Å²) in [6.45, 7) is 3.20. The van der Waals surface area contributed by atoms with Crippen LogP contribution in [0.3, 0.4) is 0 Å². The van der Waals surface area contributed by atoms with Crippen molar-refractivity contribution in [2.45, 2.75) is 25.9 Å². The molecule has 1 aliphatic heterocycles. The Bertz CT molecular complexity index is 514. The number of rotatable bonds is 2. The quantitative estimate of drug-likeness (QED) is 0.849. The van der Waals surface area contributed by atoms with Gasteiger partial charge in [0.1, 0.15) is 0 Å². The average molecular weight is 286 g/mol. The molecule has 1 amide bonds. The topological polar surface area (TPSA) is 46.3 Å². The van der Waals surface area contributed by atoms with E-state index in [2.05, 4.69) is 0 Å². The molecule has 1 aliphatic rings. The molecule has 0 aromatic heterocycles. The SMILES string of the molecule is CCC1CCN(C(=O)c2cccc(C(F)(F)F)c2N)C1. The standard InChI is InChI=1S/C14H17F3N2O/c1-2-9-6-7-19(8-9)13(20)10-4-3-5-11(12(10)18)14(15,16)17/h3-5,9H,2,6-8,18H2,1H3. The number of para-hydroxylation sites is 1. The van der Waals surface area contributed by atoms with Crippen molar-refractivity contribution in [2.24, 2.45) is 5.92 Å². The molecule has 1 fully saturated rings. The highest BCUT2D eigenvalue weighted by Gasteiger charge is 2.35. The van der Waals surface area contributed by atoms with Crippen molar-refractivity contribution in [1.29, 1.82) is 0 Å². The van der Waals surface area contributed by atoms with E-state index in [4.69, 9.17) is 5.73 Å². The molecule has 1 aromatic rings. The molecule has 20 heavy (non-hydrogen) atoms. The Morgan fingerprint density at radius 3 is 2.70 bits per heavy atom. The number of nitrogen functional groups attached to an aromatic ring is 1. The molecule has 1 aromatic carbocycles.